The van der Waals surface area contributed by atoms with Crippen molar-refractivity contribution in [2.45, 2.75) is 37.6 Å². The van der Waals surface area contributed by atoms with Gasteiger partial charge in [-0.15, -0.1) is 11.8 Å². The molecule has 140 valence electrons. The predicted octanol–water partition coefficient (Wildman–Crippen LogP) is 3.43. The van der Waals surface area contributed by atoms with Crippen molar-refractivity contribution in [2.24, 2.45) is 4.99 Å². The zero-order valence-corrected chi connectivity index (χ0v) is 17.1. The van der Waals surface area contributed by atoms with Crippen LogP contribution in [0.4, 0.5) is 0 Å². The van der Waals surface area contributed by atoms with E-state index < -0.39 is 9.84 Å². The third kappa shape index (κ3) is 4.45. The molecular formula is C19H24N2O3S2. The molecule has 26 heavy (non-hydrogen) atoms. The smallest absolute Gasteiger partial charge is 0.252 e. The number of benzene rings is 1. The second-order valence-electron chi connectivity index (χ2n) is 5.80. The van der Waals surface area contributed by atoms with Crippen LogP contribution in [0.1, 0.15) is 26.3 Å². The first-order valence-electron chi connectivity index (χ1n) is 8.41. The molecule has 2 rings (SSSR count). The van der Waals surface area contributed by atoms with Crippen LogP contribution in [0.3, 0.4) is 0 Å². The van der Waals surface area contributed by atoms with Crippen molar-refractivity contribution in [1.82, 2.24) is 4.90 Å². The average Bonchev–Trinajstić information content (AvgIpc) is 2.64. The Balaban J connectivity index is 2.52. The molecule has 0 spiro atoms. The molecule has 1 heterocycles. The lowest BCUT2D eigenvalue weighted by Crippen LogP contribution is -2.39. The fourth-order valence-corrected chi connectivity index (χ4v) is 3.93. The Kier molecular flexibility index (Phi) is 6.83. The molecule has 0 fully saturated rings. The van der Waals surface area contributed by atoms with E-state index in [0.29, 0.717) is 11.4 Å². The second-order valence-corrected chi connectivity index (χ2v) is 9.20. The van der Waals surface area contributed by atoms with Gasteiger partial charge in [0.1, 0.15) is 5.84 Å². The molecule has 0 saturated carbocycles. The topological polar surface area (TPSA) is 66.8 Å². The second kappa shape index (κ2) is 8.68. The van der Waals surface area contributed by atoms with Gasteiger partial charge in [-0.1, -0.05) is 31.2 Å². The number of hydrogen-bond acceptors (Lipinski definition) is 5. The molecule has 0 saturated heterocycles. The van der Waals surface area contributed by atoms with Gasteiger partial charge in [0.2, 0.25) is 0 Å². The summed E-state index contributed by atoms with van der Waals surface area (Å²) in [4.78, 5) is 19.0. The lowest BCUT2D eigenvalue weighted by atomic mass is 10.1. The quantitative estimate of drug-likeness (QED) is 0.744. The van der Waals surface area contributed by atoms with E-state index in [1.807, 2.05) is 26.2 Å². The van der Waals surface area contributed by atoms with Gasteiger partial charge in [0.05, 0.1) is 22.6 Å². The van der Waals surface area contributed by atoms with Crippen LogP contribution >= 0.6 is 11.8 Å². The normalized spacial score (nSPS) is 19.4. The summed E-state index contributed by atoms with van der Waals surface area (Å²) in [5.41, 5.74) is 1.44. The van der Waals surface area contributed by atoms with E-state index in [1.165, 1.54) is 6.08 Å². The van der Waals surface area contributed by atoms with Gasteiger partial charge in [0, 0.05) is 11.6 Å². The van der Waals surface area contributed by atoms with E-state index in [2.05, 4.69) is 4.99 Å². The monoisotopic (exact) mass is 392 g/mol. The SMILES string of the molecule is C/C=C1/C=CC(=O)N(Cc2ccccc2S(=O)(=O)CC)C1=NC(C)SC. The zero-order valence-electron chi connectivity index (χ0n) is 15.5. The van der Waals surface area contributed by atoms with E-state index in [4.69, 9.17) is 0 Å². The fraction of sp³-hybridized carbons (Fsp3) is 0.368. The Labute approximate surface area is 159 Å². The number of nitrogens with zero attached hydrogens (tertiary/aromatic N) is 2. The summed E-state index contributed by atoms with van der Waals surface area (Å²) in [7, 11) is -3.38. The van der Waals surface area contributed by atoms with Gasteiger partial charge in [-0.25, -0.2) is 8.42 Å². The van der Waals surface area contributed by atoms with E-state index in [1.54, 1.807) is 53.9 Å². The molecule has 1 aliphatic heterocycles. The summed E-state index contributed by atoms with van der Waals surface area (Å²) in [6, 6.07) is 6.83. The Morgan fingerprint density at radius 2 is 1.96 bits per heavy atom. The van der Waals surface area contributed by atoms with E-state index >= 15 is 0 Å². The number of thioether (sulfide) groups is 1. The average molecular weight is 393 g/mol. The number of aliphatic imine (C=N–C) groups is 1. The van der Waals surface area contributed by atoms with Gasteiger partial charge in [-0.2, -0.15) is 0 Å². The number of amides is 1. The van der Waals surface area contributed by atoms with Gasteiger partial charge in [-0.3, -0.25) is 14.7 Å². The molecule has 7 heteroatoms. The van der Waals surface area contributed by atoms with Gasteiger partial charge < -0.3 is 0 Å². The molecule has 0 bridgehead atoms. The van der Waals surface area contributed by atoms with Gasteiger partial charge in [0.25, 0.3) is 5.91 Å². The van der Waals surface area contributed by atoms with Crippen molar-refractivity contribution in [2.75, 3.05) is 12.0 Å². The number of hydrogen-bond donors (Lipinski definition) is 0. The third-order valence-electron chi connectivity index (χ3n) is 4.16. The molecule has 1 atom stereocenters. The van der Waals surface area contributed by atoms with Crippen molar-refractivity contribution in [3.05, 3.63) is 53.6 Å². The van der Waals surface area contributed by atoms with Crippen LogP contribution in [-0.2, 0) is 21.2 Å². The Bertz CT molecular complexity index is 871. The first kappa shape index (κ1) is 20.5. The van der Waals surface area contributed by atoms with Crippen molar-refractivity contribution < 1.29 is 13.2 Å². The highest BCUT2D eigenvalue weighted by Gasteiger charge is 2.27. The maximum Gasteiger partial charge on any atom is 0.252 e. The summed E-state index contributed by atoms with van der Waals surface area (Å²) in [6.45, 7) is 5.63. The largest absolute Gasteiger partial charge is 0.288 e. The molecule has 1 unspecified atom stereocenters. The van der Waals surface area contributed by atoms with Crippen LogP contribution < -0.4 is 0 Å². The van der Waals surface area contributed by atoms with E-state index in [-0.39, 0.29) is 28.5 Å². The molecule has 0 aromatic heterocycles. The van der Waals surface area contributed by atoms with Gasteiger partial charge in [-0.05, 0) is 37.8 Å². The fourth-order valence-electron chi connectivity index (χ4n) is 2.60. The summed E-state index contributed by atoms with van der Waals surface area (Å²) < 4.78 is 24.8. The van der Waals surface area contributed by atoms with Crippen molar-refractivity contribution in [3.63, 3.8) is 0 Å². The van der Waals surface area contributed by atoms with Crippen LogP contribution in [0.2, 0.25) is 0 Å². The molecule has 0 aliphatic carbocycles. The van der Waals surface area contributed by atoms with Crippen molar-refractivity contribution in [1.29, 1.82) is 0 Å². The highest BCUT2D eigenvalue weighted by molar-refractivity contribution is 7.99. The predicted molar refractivity (Wildman–Crippen MR) is 108 cm³/mol. The number of allylic oxidation sites excluding steroid dienone is 1. The van der Waals surface area contributed by atoms with Crippen molar-refractivity contribution >= 4 is 33.3 Å². The minimum Gasteiger partial charge on any atom is -0.288 e. The first-order valence-corrected chi connectivity index (χ1v) is 11.4. The zero-order chi connectivity index (χ0) is 19.3. The molecule has 1 aliphatic rings. The molecule has 1 aromatic rings. The van der Waals surface area contributed by atoms with Crippen molar-refractivity contribution in [3.8, 4) is 0 Å². The molecule has 1 amide bonds. The van der Waals surface area contributed by atoms with E-state index in [9.17, 15) is 13.2 Å². The highest BCUT2D eigenvalue weighted by atomic mass is 32.2. The first-order chi connectivity index (χ1) is 12.3. The standard InChI is InChI=1S/C19H24N2O3S2/c1-5-15-11-12-18(22)21(19(15)20-14(3)25-4)13-16-9-7-8-10-17(16)26(23,24)6-2/h5,7-12,14H,6,13H2,1-4H3/b15-5-,20-19?. The Morgan fingerprint density at radius 1 is 1.27 bits per heavy atom. The van der Waals surface area contributed by atoms with E-state index in [0.717, 1.165) is 5.57 Å². The van der Waals surface area contributed by atoms with Crippen LogP contribution in [0.25, 0.3) is 0 Å². The highest BCUT2D eigenvalue weighted by Crippen LogP contribution is 2.23. The molecule has 0 radical (unpaired) electrons. The summed E-state index contributed by atoms with van der Waals surface area (Å²) in [5, 5.41) is -0.0173. The third-order valence-corrected chi connectivity index (χ3v) is 6.77. The number of carbonyl (C=O) groups is 1. The lowest BCUT2D eigenvalue weighted by molar-refractivity contribution is -0.123. The number of rotatable bonds is 6. The summed E-state index contributed by atoms with van der Waals surface area (Å²) in [6.07, 6.45) is 7.10. The van der Waals surface area contributed by atoms with Gasteiger partial charge >= 0.3 is 0 Å². The summed E-state index contributed by atoms with van der Waals surface area (Å²) >= 11 is 1.58. The Morgan fingerprint density at radius 3 is 2.58 bits per heavy atom. The summed E-state index contributed by atoms with van der Waals surface area (Å²) in [5.74, 6) is 0.388. The number of carbonyl (C=O) groups excluding carboxylic acids is 1. The minimum atomic E-state index is -3.38. The molecule has 1 aromatic carbocycles. The lowest BCUT2D eigenvalue weighted by Gasteiger charge is -2.28. The molecule has 5 nitrogen and oxygen atoms in total. The Hall–Kier alpha value is -1.86. The van der Waals surface area contributed by atoms with Crippen LogP contribution in [0, 0.1) is 0 Å². The number of amidine groups is 1. The van der Waals surface area contributed by atoms with Crippen LogP contribution in [0.5, 0.6) is 0 Å². The van der Waals surface area contributed by atoms with Crippen LogP contribution in [-0.4, -0.2) is 42.4 Å². The molecule has 0 N–H and O–H groups in total. The minimum absolute atomic E-state index is 0.0163. The van der Waals surface area contributed by atoms with Gasteiger partial charge in [0.15, 0.2) is 9.84 Å². The maximum absolute atomic E-state index is 12.5. The molecular weight excluding hydrogens is 368 g/mol. The maximum atomic E-state index is 12.5. The number of sulfone groups is 1. The van der Waals surface area contributed by atoms with Crippen LogP contribution in [0.15, 0.2) is 58.0 Å².